The van der Waals surface area contributed by atoms with Gasteiger partial charge in [-0.25, -0.2) is 4.98 Å². The maximum atomic E-state index is 12.9. The average molecular weight is 389 g/mol. The van der Waals surface area contributed by atoms with Crippen LogP contribution in [0.3, 0.4) is 0 Å². The molecule has 0 amide bonds. The molecule has 3 aromatic heterocycles. The van der Waals surface area contributed by atoms with E-state index in [0.717, 1.165) is 41.2 Å². The van der Waals surface area contributed by atoms with Crippen LogP contribution in [0.4, 0.5) is 0 Å². The van der Waals surface area contributed by atoms with E-state index in [1.54, 1.807) is 10.8 Å². The van der Waals surface area contributed by atoms with Crippen molar-refractivity contribution in [2.45, 2.75) is 19.9 Å². The van der Waals surface area contributed by atoms with Gasteiger partial charge in [0.2, 0.25) is 5.43 Å². The fraction of sp³-hybridized carbons (Fsp3) is 0.364. The Hall–Kier alpha value is -3.24. The Bertz CT molecular complexity index is 1270. The molecule has 1 N–H and O–H groups in total. The highest BCUT2D eigenvalue weighted by molar-refractivity contribution is 6.19. The number of hydrogen-bond donors (Lipinski definition) is 1. The minimum atomic E-state index is -0.345. The van der Waals surface area contributed by atoms with E-state index in [0.29, 0.717) is 16.8 Å². The monoisotopic (exact) mass is 389 g/mol. The second kappa shape index (κ2) is 7.30. The van der Waals surface area contributed by atoms with Crippen LogP contribution in [0.5, 0.6) is 0 Å². The first-order chi connectivity index (χ1) is 14.0. The van der Waals surface area contributed by atoms with Crippen LogP contribution in [0.25, 0.3) is 32.7 Å². The van der Waals surface area contributed by atoms with Gasteiger partial charge >= 0.3 is 0 Å². The number of fused-ring (bicyclic) bond motifs is 2. The Kier molecular flexibility index (Phi) is 4.81. The van der Waals surface area contributed by atoms with Crippen molar-refractivity contribution >= 4 is 39.0 Å². The standard InChI is InChI=1S/C17H15N3O2.C5H8N2/c1-9(2)13(8-21)20-6-4-11-10-3-5-18-17-14(10)12(7-19-17)16(22)15(11)20;1-7-3-5(2-6)4-7/h3-9,13H,1-2H3,(H,18,19);5H,3-4H2,1H3. The van der Waals surface area contributed by atoms with Gasteiger partial charge in [0.15, 0.2) is 0 Å². The molecule has 4 heterocycles. The summed E-state index contributed by atoms with van der Waals surface area (Å²) in [6.07, 6.45) is 6.18. The predicted octanol–water partition coefficient (Wildman–Crippen LogP) is 2.94. The summed E-state index contributed by atoms with van der Waals surface area (Å²) >= 11 is 0. The van der Waals surface area contributed by atoms with E-state index in [-0.39, 0.29) is 17.4 Å². The highest BCUT2D eigenvalue weighted by Gasteiger charge is 2.22. The molecule has 0 bridgehead atoms. The van der Waals surface area contributed by atoms with Crippen molar-refractivity contribution in [2.24, 2.45) is 11.8 Å². The third-order valence-corrected chi connectivity index (χ3v) is 5.62. The van der Waals surface area contributed by atoms with Gasteiger partial charge in [0, 0.05) is 42.5 Å². The number of carbonyl (C=O) groups is 1. The molecule has 0 saturated carbocycles. The van der Waals surface area contributed by atoms with Crippen molar-refractivity contribution in [3.63, 3.8) is 0 Å². The molecule has 1 fully saturated rings. The molecule has 7 heteroatoms. The first-order valence-corrected chi connectivity index (χ1v) is 9.71. The molecule has 1 aliphatic rings. The highest BCUT2D eigenvalue weighted by atomic mass is 16.1. The van der Waals surface area contributed by atoms with Crippen LogP contribution in [0.1, 0.15) is 19.9 Å². The molecular formula is C22H23N5O2. The molecule has 148 valence electrons. The zero-order valence-electron chi connectivity index (χ0n) is 16.7. The highest BCUT2D eigenvalue weighted by Crippen LogP contribution is 2.31. The number of rotatable bonds is 3. The molecule has 1 atom stereocenters. The Balaban J connectivity index is 0.000000249. The summed E-state index contributed by atoms with van der Waals surface area (Å²) in [4.78, 5) is 33.8. The number of nitriles is 1. The minimum Gasteiger partial charge on any atom is -0.346 e. The Morgan fingerprint density at radius 2 is 2.03 bits per heavy atom. The molecule has 7 nitrogen and oxygen atoms in total. The number of likely N-dealkylation sites (tertiary alicyclic amines) is 1. The lowest BCUT2D eigenvalue weighted by Gasteiger charge is -2.30. The van der Waals surface area contributed by atoms with E-state index in [1.165, 1.54) is 0 Å². The molecule has 5 rings (SSSR count). The van der Waals surface area contributed by atoms with Crippen LogP contribution in [0, 0.1) is 23.2 Å². The van der Waals surface area contributed by atoms with Crippen LogP contribution in [0.2, 0.25) is 0 Å². The van der Waals surface area contributed by atoms with Crippen molar-refractivity contribution in [3.8, 4) is 6.07 Å². The lowest BCUT2D eigenvalue weighted by molar-refractivity contribution is -0.111. The SMILES string of the molecule is CC(C)C(C=O)n1ccc2c3cc[nH]c4ncc(c(=O)c21)c43.CN1CC(C#N)C1. The molecule has 0 radical (unpaired) electrons. The summed E-state index contributed by atoms with van der Waals surface area (Å²) in [5.41, 5.74) is 1.23. The van der Waals surface area contributed by atoms with E-state index in [9.17, 15) is 9.59 Å². The Morgan fingerprint density at radius 1 is 1.28 bits per heavy atom. The number of hydrogen-bond acceptors (Lipinski definition) is 5. The lowest BCUT2D eigenvalue weighted by atomic mass is 10.0. The smallest absolute Gasteiger partial charge is 0.212 e. The van der Waals surface area contributed by atoms with Gasteiger partial charge in [0.25, 0.3) is 0 Å². The summed E-state index contributed by atoms with van der Waals surface area (Å²) < 4.78 is 1.80. The third kappa shape index (κ3) is 3.06. The number of benzene rings is 1. The number of carbonyl (C=O) groups excluding carboxylic acids is 1. The topological polar surface area (TPSA) is 94.8 Å². The zero-order valence-corrected chi connectivity index (χ0v) is 16.7. The molecule has 0 aliphatic carbocycles. The molecule has 1 aliphatic heterocycles. The summed E-state index contributed by atoms with van der Waals surface area (Å²) in [7, 11) is 2.02. The fourth-order valence-corrected chi connectivity index (χ4v) is 4.06. The van der Waals surface area contributed by atoms with E-state index in [1.807, 2.05) is 45.4 Å². The van der Waals surface area contributed by atoms with Crippen LogP contribution >= 0.6 is 0 Å². The molecular weight excluding hydrogens is 366 g/mol. The van der Waals surface area contributed by atoms with E-state index >= 15 is 0 Å². The minimum absolute atomic E-state index is 0.0675. The van der Waals surface area contributed by atoms with Gasteiger partial charge in [-0.2, -0.15) is 5.26 Å². The summed E-state index contributed by atoms with van der Waals surface area (Å²) in [6.45, 7) is 5.89. The lowest BCUT2D eigenvalue weighted by Crippen LogP contribution is -2.42. The van der Waals surface area contributed by atoms with Gasteiger partial charge in [-0.15, -0.1) is 0 Å². The average Bonchev–Trinajstić information content (AvgIpc) is 3.30. The van der Waals surface area contributed by atoms with Crippen molar-refractivity contribution in [1.29, 1.82) is 5.26 Å². The largest absolute Gasteiger partial charge is 0.346 e. The van der Waals surface area contributed by atoms with Crippen LogP contribution in [0.15, 0.2) is 35.5 Å². The van der Waals surface area contributed by atoms with Crippen LogP contribution < -0.4 is 5.43 Å². The number of aromatic nitrogens is 3. The van der Waals surface area contributed by atoms with Crippen LogP contribution in [-0.2, 0) is 4.79 Å². The number of H-pyrrole nitrogens is 1. The molecule has 1 unspecified atom stereocenters. The fourth-order valence-electron chi connectivity index (χ4n) is 4.06. The predicted molar refractivity (Wildman–Crippen MR) is 113 cm³/mol. The van der Waals surface area contributed by atoms with Gasteiger partial charge in [-0.3, -0.25) is 4.79 Å². The number of pyridine rings is 1. The van der Waals surface area contributed by atoms with Gasteiger partial charge in [-0.05, 0) is 30.5 Å². The third-order valence-electron chi connectivity index (χ3n) is 5.62. The van der Waals surface area contributed by atoms with Gasteiger partial charge in [0.1, 0.15) is 11.9 Å². The Labute approximate surface area is 167 Å². The molecule has 1 saturated heterocycles. The van der Waals surface area contributed by atoms with E-state index in [4.69, 9.17) is 5.26 Å². The summed E-state index contributed by atoms with van der Waals surface area (Å²) in [5.74, 6) is 0.440. The second-order valence-electron chi connectivity index (χ2n) is 8.02. The summed E-state index contributed by atoms with van der Waals surface area (Å²) in [5, 5.41) is 11.6. The van der Waals surface area contributed by atoms with Crippen molar-refractivity contribution in [3.05, 3.63) is 40.9 Å². The van der Waals surface area contributed by atoms with E-state index in [2.05, 4.69) is 20.9 Å². The van der Waals surface area contributed by atoms with Gasteiger partial charge in [0.05, 0.1) is 28.9 Å². The molecule has 1 aromatic carbocycles. The zero-order chi connectivity index (χ0) is 20.7. The van der Waals surface area contributed by atoms with E-state index < -0.39 is 0 Å². The normalized spacial score (nSPS) is 16.0. The van der Waals surface area contributed by atoms with Gasteiger partial charge in [-0.1, -0.05) is 13.8 Å². The molecule has 0 spiro atoms. The second-order valence-corrected chi connectivity index (χ2v) is 8.02. The maximum absolute atomic E-state index is 12.9. The van der Waals surface area contributed by atoms with Crippen molar-refractivity contribution in [2.75, 3.05) is 20.1 Å². The first-order valence-electron chi connectivity index (χ1n) is 9.71. The van der Waals surface area contributed by atoms with Crippen molar-refractivity contribution < 1.29 is 4.79 Å². The first kappa shape index (κ1) is 19.1. The number of aromatic amines is 1. The maximum Gasteiger partial charge on any atom is 0.212 e. The number of nitrogens with one attached hydrogen (secondary N) is 1. The Morgan fingerprint density at radius 3 is 2.62 bits per heavy atom. The van der Waals surface area contributed by atoms with Crippen LogP contribution in [-0.4, -0.2) is 45.9 Å². The number of nitrogens with zero attached hydrogens (tertiary/aromatic N) is 4. The van der Waals surface area contributed by atoms with Gasteiger partial charge < -0.3 is 19.2 Å². The molecule has 29 heavy (non-hydrogen) atoms. The quantitative estimate of drug-likeness (QED) is 0.544. The number of aldehydes is 1. The molecule has 4 aromatic rings. The van der Waals surface area contributed by atoms with Crippen molar-refractivity contribution in [1.82, 2.24) is 19.4 Å². The summed E-state index contributed by atoms with van der Waals surface area (Å²) in [6, 6.07) is 5.71.